The molecule has 0 spiro atoms. The van der Waals surface area contributed by atoms with Crippen LogP contribution in [0.2, 0.25) is 0 Å². The monoisotopic (exact) mass is 281 g/mol. The van der Waals surface area contributed by atoms with Crippen LogP contribution in [-0.4, -0.2) is 17.0 Å². The number of carbonyl (C=O) groups is 2. The number of carboxylic acid groups (broad SMARTS) is 1. The van der Waals surface area contributed by atoms with Gasteiger partial charge >= 0.3 is 5.97 Å². The fraction of sp³-hybridized carbons (Fsp3) is 0.0588. The normalized spacial score (nSPS) is 9.95. The summed E-state index contributed by atoms with van der Waals surface area (Å²) in [7, 11) is 0. The van der Waals surface area contributed by atoms with Crippen molar-refractivity contribution in [2.45, 2.75) is 6.92 Å². The summed E-state index contributed by atoms with van der Waals surface area (Å²) >= 11 is 0. The molecule has 0 aliphatic rings. The number of hydrogen-bond donors (Lipinski definition) is 2. The molecule has 0 radical (unpaired) electrons. The second-order valence-electron chi connectivity index (χ2n) is 4.65. The van der Waals surface area contributed by atoms with Gasteiger partial charge < -0.3 is 10.4 Å². The molecule has 0 saturated heterocycles. The van der Waals surface area contributed by atoms with Gasteiger partial charge in [0.25, 0.3) is 5.91 Å². The van der Waals surface area contributed by atoms with Crippen LogP contribution in [0.4, 0.5) is 5.69 Å². The predicted octanol–water partition coefficient (Wildman–Crippen LogP) is 3.35. The molecule has 0 atom stereocenters. The number of amides is 1. The fourth-order valence-electron chi connectivity index (χ4n) is 1.94. The molecule has 0 aromatic heterocycles. The molecule has 2 rings (SSSR count). The number of aryl methyl sites for hydroxylation is 1. The van der Waals surface area contributed by atoms with Gasteiger partial charge in [0.2, 0.25) is 0 Å². The molecule has 0 bridgehead atoms. The van der Waals surface area contributed by atoms with E-state index in [0.717, 1.165) is 5.56 Å². The Kier molecular flexibility index (Phi) is 4.18. The lowest BCUT2D eigenvalue weighted by Gasteiger charge is -2.10. The van der Waals surface area contributed by atoms with Crippen molar-refractivity contribution in [3.63, 3.8) is 0 Å². The zero-order chi connectivity index (χ0) is 15.4. The number of hydrogen-bond acceptors (Lipinski definition) is 2. The number of carbonyl (C=O) groups excluding carboxylic acids is 1. The number of para-hydroxylation sites is 1. The summed E-state index contributed by atoms with van der Waals surface area (Å²) in [5.41, 5.74) is 2.32. The molecule has 21 heavy (non-hydrogen) atoms. The van der Waals surface area contributed by atoms with Gasteiger partial charge in [-0.25, -0.2) is 4.79 Å². The molecule has 0 saturated carbocycles. The van der Waals surface area contributed by atoms with Crippen LogP contribution >= 0.6 is 0 Å². The highest BCUT2D eigenvalue weighted by atomic mass is 16.4. The Balaban J connectivity index is 2.23. The Morgan fingerprint density at radius 1 is 1.10 bits per heavy atom. The van der Waals surface area contributed by atoms with E-state index in [9.17, 15) is 9.59 Å². The molecule has 0 aliphatic carbocycles. The van der Waals surface area contributed by atoms with Crippen LogP contribution in [0.15, 0.2) is 55.1 Å². The Morgan fingerprint density at radius 2 is 1.81 bits per heavy atom. The van der Waals surface area contributed by atoms with Gasteiger partial charge in [0, 0.05) is 5.57 Å². The summed E-state index contributed by atoms with van der Waals surface area (Å²) in [5.74, 6) is -1.51. The lowest BCUT2D eigenvalue weighted by Crippen LogP contribution is -2.15. The van der Waals surface area contributed by atoms with E-state index in [1.54, 1.807) is 24.3 Å². The molecule has 0 fully saturated rings. The molecule has 2 aromatic rings. The van der Waals surface area contributed by atoms with Crippen LogP contribution in [0.25, 0.3) is 5.57 Å². The standard InChI is InChI=1S/C17H15NO3/c1-11-6-5-7-13(10-11)12(2)16(19)18-15-9-4-3-8-14(15)17(20)21/h3-10H,2H2,1H3,(H,18,19)(H,20,21). The summed E-state index contributed by atoms with van der Waals surface area (Å²) in [6.45, 7) is 5.70. The molecule has 4 nitrogen and oxygen atoms in total. The highest BCUT2D eigenvalue weighted by molar-refractivity contribution is 6.25. The summed E-state index contributed by atoms with van der Waals surface area (Å²) < 4.78 is 0. The second kappa shape index (κ2) is 6.05. The number of carboxylic acids is 1. The maximum Gasteiger partial charge on any atom is 0.337 e. The smallest absolute Gasteiger partial charge is 0.337 e. The predicted molar refractivity (Wildman–Crippen MR) is 82.2 cm³/mol. The summed E-state index contributed by atoms with van der Waals surface area (Å²) in [4.78, 5) is 23.3. The third-order valence-electron chi connectivity index (χ3n) is 3.05. The first-order valence-corrected chi connectivity index (χ1v) is 6.38. The van der Waals surface area contributed by atoms with E-state index in [1.165, 1.54) is 6.07 Å². The van der Waals surface area contributed by atoms with E-state index in [4.69, 9.17) is 5.11 Å². The van der Waals surface area contributed by atoms with Gasteiger partial charge in [-0.1, -0.05) is 48.5 Å². The number of benzene rings is 2. The highest BCUT2D eigenvalue weighted by Gasteiger charge is 2.14. The number of nitrogens with one attached hydrogen (secondary N) is 1. The van der Waals surface area contributed by atoms with Crippen molar-refractivity contribution in [3.05, 3.63) is 71.8 Å². The van der Waals surface area contributed by atoms with E-state index in [1.807, 2.05) is 25.1 Å². The van der Waals surface area contributed by atoms with Crippen LogP contribution < -0.4 is 5.32 Å². The van der Waals surface area contributed by atoms with Gasteiger partial charge in [0.1, 0.15) is 0 Å². The Morgan fingerprint density at radius 3 is 2.48 bits per heavy atom. The van der Waals surface area contributed by atoms with Crippen molar-refractivity contribution < 1.29 is 14.7 Å². The third kappa shape index (κ3) is 3.36. The quantitative estimate of drug-likeness (QED) is 0.845. The van der Waals surface area contributed by atoms with Gasteiger partial charge in [0.15, 0.2) is 0 Å². The number of rotatable bonds is 4. The van der Waals surface area contributed by atoms with E-state index in [0.29, 0.717) is 11.1 Å². The van der Waals surface area contributed by atoms with Gasteiger partial charge in [-0.05, 0) is 24.6 Å². The summed E-state index contributed by atoms with van der Waals surface area (Å²) in [6, 6.07) is 13.7. The van der Waals surface area contributed by atoms with E-state index in [-0.39, 0.29) is 11.3 Å². The minimum atomic E-state index is -1.09. The average molecular weight is 281 g/mol. The number of aromatic carboxylic acids is 1. The highest BCUT2D eigenvalue weighted by Crippen LogP contribution is 2.19. The van der Waals surface area contributed by atoms with Crippen molar-refractivity contribution in [2.24, 2.45) is 0 Å². The van der Waals surface area contributed by atoms with Gasteiger partial charge in [-0.2, -0.15) is 0 Å². The Labute approximate surface area is 122 Å². The molecule has 2 aromatic carbocycles. The van der Waals surface area contributed by atoms with Gasteiger partial charge in [0.05, 0.1) is 11.3 Å². The SMILES string of the molecule is C=C(C(=O)Nc1ccccc1C(=O)O)c1cccc(C)c1. The van der Waals surface area contributed by atoms with Crippen LogP contribution in [0.3, 0.4) is 0 Å². The zero-order valence-corrected chi connectivity index (χ0v) is 11.6. The molecular formula is C17H15NO3. The zero-order valence-electron chi connectivity index (χ0n) is 11.6. The lowest BCUT2D eigenvalue weighted by atomic mass is 10.0. The topological polar surface area (TPSA) is 66.4 Å². The minimum Gasteiger partial charge on any atom is -0.478 e. The molecule has 0 heterocycles. The van der Waals surface area contributed by atoms with Crippen LogP contribution in [-0.2, 0) is 4.79 Å². The molecular weight excluding hydrogens is 266 g/mol. The van der Waals surface area contributed by atoms with E-state index in [2.05, 4.69) is 11.9 Å². The van der Waals surface area contributed by atoms with Crippen molar-refractivity contribution in [2.75, 3.05) is 5.32 Å². The first-order valence-electron chi connectivity index (χ1n) is 6.38. The molecule has 1 amide bonds. The third-order valence-corrected chi connectivity index (χ3v) is 3.05. The molecule has 2 N–H and O–H groups in total. The van der Waals surface area contributed by atoms with Crippen molar-refractivity contribution >= 4 is 23.1 Å². The Hall–Kier alpha value is -2.88. The fourth-order valence-corrected chi connectivity index (χ4v) is 1.94. The number of anilines is 1. The maximum absolute atomic E-state index is 12.2. The van der Waals surface area contributed by atoms with E-state index >= 15 is 0 Å². The van der Waals surface area contributed by atoms with Crippen molar-refractivity contribution in [1.29, 1.82) is 0 Å². The second-order valence-corrected chi connectivity index (χ2v) is 4.65. The van der Waals surface area contributed by atoms with E-state index < -0.39 is 11.9 Å². The average Bonchev–Trinajstić information content (AvgIpc) is 2.46. The van der Waals surface area contributed by atoms with Crippen molar-refractivity contribution in [3.8, 4) is 0 Å². The molecule has 0 aliphatic heterocycles. The van der Waals surface area contributed by atoms with Crippen LogP contribution in [0.5, 0.6) is 0 Å². The maximum atomic E-state index is 12.2. The first kappa shape index (κ1) is 14.5. The summed E-state index contributed by atoms with van der Waals surface area (Å²) in [6.07, 6.45) is 0. The Bertz CT molecular complexity index is 719. The van der Waals surface area contributed by atoms with Gasteiger partial charge in [-0.3, -0.25) is 4.79 Å². The first-order chi connectivity index (χ1) is 9.99. The molecule has 106 valence electrons. The van der Waals surface area contributed by atoms with Crippen molar-refractivity contribution in [1.82, 2.24) is 0 Å². The van der Waals surface area contributed by atoms with Gasteiger partial charge in [-0.15, -0.1) is 0 Å². The lowest BCUT2D eigenvalue weighted by molar-refractivity contribution is -0.111. The molecule has 4 heteroatoms. The van der Waals surface area contributed by atoms with Crippen LogP contribution in [0.1, 0.15) is 21.5 Å². The molecule has 0 unspecified atom stereocenters. The minimum absolute atomic E-state index is 0.0443. The van der Waals surface area contributed by atoms with Crippen LogP contribution in [0, 0.1) is 6.92 Å². The summed E-state index contributed by atoms with van der Waals surface area (Å²) in [5, 5.41) is 11.7. The largest absolute Gasteiger partial charge is 0.478 e.